The van der Waals surface area contributed by atoms with Gasteiger partial charge in [0.1, 0.15) is 0 Å². The summed E-state index contributed by atoms with van der Waals surface area (Å²) in [5, 5.41) is 8.10. The Morgan fingerprint density at radius 1 is 1.20 bits per heavy atom. The smallest absolute Gasteiger partial charge is 0.174 e. The van der Waals surface area contributed by atoms with Crippen molar-refractivity contribution in [1.29, 1.82) is 0 Å². The van der Waals surface area contributed by atoms with E-state index in [1.54, 1.807) is 6.20 Å². The Morgan fingerprint density at radius 2 is 2.13 bits per heavy atom. The second-order valence-corrected chi connectivity index (χ2v) is 3.12. The number of hydrogen-bond donors (Lipinski definition) is 0. The predicted octanol–water partition coefficient (Wildman–Crippen LogP) is 3.61. The summed E-state index contributed by atoms with van der Waals surface area (Å²) in [6.07, 6.45) is 1.69. The van der Waals surface area contributed by atoms with Crippen molar-refractivity contribution in [1.82, 2.24) is 4.98 Å². The van der Waals surface area contributed by atoms with Gasteiger partial charge in [-0.05, 0) is 42.8 Å². The molecule has 0 aliphatic rings. The highest BCUT2D eigenvalue weighted by Crippen LogP contribution is 2.16. The molecule has 0 saturated heterocycles. The average Bonchev–Trinajstić information content (AvgIpc) is 2.28. The first-order valence-electron chi connectivity index (χ1n) is 4.66. The molecule has 1 radical (unpaired) electrons. The van der Waals surface area contributed by atoms with Crippen LogP contribution in [-0.4, -0.2) is 4.98 Å². The van der Waals surface area contributed by atoms with Crippen LogP contribution >= 0.6 is 0 Å². The molecule has 73 valence electrons. The minimum Gasteiger partial charge on any atom is -0.236 e. The minimum absolute atomic E-state index is 0.614. The largest absolute Gasteiger partial charge is 0.236 e. The standard InChI is InChI=1S/C12H10N3/c1-10-5-4-6-11(9-10)14-15-12-7-2-3-8-13-12/h2-4,6-9H,1H3. The van der Waals surface area contributed by atoms with Crippen molar-refractivity contribution in [3.63, 3.8) is 0 Å². The van der Waals surface area contributed by atoms with Crippen LogP contribution in [0.1, 0.15) is 5.56 Å². The molecule has 0 aliphatic heterocycles. The third kappa shape index (κ3) is 2.71. The molecular formula is C12H10N3. The van der Waals surface area contributed by atoms with E-state index in [1.807, 2.05) is 43.3 Å². The average molecular weight is 196 g/mol. The fourth-order valence-corrected chi connectivity index (χ4v) is 1.15. The van der Waals surface area contributed by atoms with Crippen LogP contribution in [0.5, 0.6) is 0 Å². The van der Waals surface area contributed by atoms with Crippen LogP contribution in [0.3, 0.4) is 0 Å². The van der Waals surface area contributed by atoms with Crippen molar-refractivity contribution in [2.75, 3.05) is 0 Å². The Kier molecular flexibility index (Phi) is 2.83. The highest BCUT2D eigenvalue weighted by Gasteiger charge is 1.90. The summed E-state index contributed by atoms with van der Waals surface area (Å²) in [7, 11) is 0. The van der Waals surface area contributed by atoms with E-state index in [2.05, 4.69) is 21.3 Å². The van der Waals surface area contributed by atoms with Gasteiger partial charge in [0.2, 0.25) is 0 Å². The van der Waals surface area contributed by atoms with Crippen LogP contribution in [0.2, 0.25) is 0 Å². The highest BCUT2D eigenvalue weighted by molar-refractivity contribution is 5.39. The Morgan fingerprint density at radius 3 is 2.87 bits per heavy atom. The second kappa shape index (κ2) is 4.46. The van der Waals surface area contributed by atoms with Gasteiger partial charge in [-0.3, -0.25) is 0 Å². The Balaban J connectivity index is 2.19. The zero-order valence-corrected chi connectivity index (χ0v) is 8.38. The van der Waals surface area contributed by atoms with E-state index < -0.39 is 0 Å². The van der Waals surface area contributed by atoms with Crippen molar-refractivity contribution in [2.45, 2.75) is 6.92 Å². The molecule has 0 fully saturated rings. The van der Waals surface area contributed by atoms with Gasteiger partial charge < -0.3 is 0 Å². The zero-order valence-electron chi connectivity index (χ0n) is 8.38. The number of azo groups is 1. The molecule has 1 heterocycles. The lowest BCUT2D eigenvalue weighted by Gasteiger charge is -1.93. The summed E-state index contributed by atoms with van der Waals surface area (Å²) in [6.45, 7) is 1.97. The molecule has 15 heavy (non-hydrogen) atoms. The van der Waals surface area contributed by atoms with Gasteiger partial charge >= 0.3 is 0 Å². The van der Waals surface area contributed by atoms with E-state index in [4.69, 9.17) is 0 Å². The molecule has 0 spiro atoms. The molecule has 0 aliphatic carbocycles. The molecule has 0 bridgehead atoms. The number of hydrogen-bond acceptors (Lipinski definition) is 3. The number of pyridine rings is 1. The quantitative estimate of drug-likeness (QED) is 0.676. The highest BCUT2D eigenvalue weighted by atomic mass is 15.1. The van der Waals surface area contributed by atoms with Gasteiger partial charge in [-0.2, -0.15) is 0 Å². The van der Waals surface area contributed by atoms with Crippen LogP contribution in [0.15, 0.2) is 52.8 Å². The molecule has 1 aromatic carbocycles. The molecule has 0 amide bonds. The van der Waals surface area contributed by atoms with Crippen LogP contribution < -0.4 is 0 Å². The van der Waals surface area contributed by atoms with Crippen LogP contribution in [-0.2, 0) is 0 Å². The number of aryl methyl sites for hydroxylation is 1. The maximum atomic E-state index is 4.08. The summed E-state index contributed by atoms with van der Waals surface area (Å²) in [5.41, 5.74) is 1.87. The fraction of sp³-hybridized carbons (Fsp3) is 0.0833. The first-order chi connectivity index (χ1) is 7.34. The molecule has 1 aromatic heterocycles. The Labute approximate surface area is 88.5 Å². The summed E-state index contributed by atoms with van der Waals surface area (Å²) in [5.74, 6) is 0.614. The number of benzene rings is 1. The monoisotopic (exact) mass is 196 g/mol. The zero-order chi connectivity index (χ0) is 10.5. The van der Waals surface area contributed by atoms with E-state index in [0.717, 1.165) is 11.3 Å². The molecule has 3 nitrogen and oxygen atoms in total. The molecule has 0 atom stereocenters. The SMILES string of the molecule is Cc1[c]ccc(N=Nc2ccccn2)c1. The van der Waals surface area contributed by atoms with Gasteiger partial charge in [-0.25, -0.2) is 4.98 Å². The molecule has 0 unspecified atom stereocenters. The van der Waals surface area contributed by atoms with Crippen molar-refractivity contribution < 1.29 is 0 Å². The first kappa shape index (κ1) is 9.52. The number of rotatable bonds is 2. The molecule has 2 rings (SSSR count). The lowest BCUT2D eigenvalue weighted by atomic mass is 10.2. The predicted molar refractivity (Wildman–Crippen MR) is 58.4 cm³/mol. The van der Waals surface area contributed by atoms with Gasteiger partial charge in [0.15, 0.2) is 5.82 Å². The number of aromatic nitrogens is 1. The summed E-state index contributed by atoms with van der Waals surface area (Å²) in [6, 6.07) is 14.2. The van der Waals surface area contributed by atoms with Crippen molar-refractivity contribution in [3.05, 3.63) is 54.2 Å². The summed E-state index contributed by atoms with van der Waals surface area (Å²) in [4.78, 5) is 4.05. The Hall–Kier alpha value is -2.03. The van der Waals surface area contributed by atoms with Crippen molar-refractivity contribution in [2.24, 2.45) is 10.2 Å². The fourth-order valence-electron chi connectivity index (χ4n) is 1.15. The van der Waals surface area contributed by atoms with Crippen molar-refractivity contribution >= 4 is 11.5 Å². The summed E-state index contributed by atoms with van der Waals surface area (Å²) >= 11 is 0. The maximum absolute atomic E-state index is 4.08. The van der Waals surface area contributed by atoms with Gasteiger partial charge in [0.25, 0.3) is 0 Å². The number of nitrogens with zero attached hydrogens (tertiary/aromatic N) is 3. The van der Waals surface area contributed by atoms with Gasteiger partial charge in [-0.1, -0.05) is 12.1 Å². The lowest BCUT2D eigenvalue weighted by Crippen LogP contribution is -1.71. The van der Waals surface area contributed by atoms with Crippen LogP contribution in [0.25, 0.3) is 0 Å². The van der Waals surface area contributed by atoms with E-state index in [0.29, 0.717) is 5.82 Å². The third-order valence-electron chi connectivity index (χ3n) is 1.85. The van der Waals surface area contributed by atoms with Crippen LogP contribution in [0.4, 0.5) is 11.5 Å². The second-order valence-electron chi connectivity index (χ2n) is 3.12. The normalized spacial score (nSPS) is 10.7. The van der Waals surface area contributed by atoms with E-state index in [1.165, 1.54) is 0 Å². The van der Waals surface area contributed by atoms with Gasteiger partial charge in [0.05, 0.1) is 5.69 Å². The minimum atomic E-state index is 0.614. The molecule has 3 heteroatoms. The summed E-state index contributed by atoms with van der Waals surface area (Å²) < 4.78 is 0. The van der Waals surface area contributed by atoms with Crippen LogP contribution in [0, 0.1) is 13.0 Å². The lowest BCUT2D eigenvalue weighted by molar-refractivity contribution is 1.15. The maximum Gasteiger partial charge on any atom is 0.174 e. The molecule has 0 saturated carbocycles. The molecule has 0 N–H and O–H groups in total. The van der Waals surface area contributed by atoms with E-state index in [9.17, 15) is 0 Å². The Bertz CT molecular complexity index is 463. The first-order valence-corrected chi connectivity index (χ1v) is 4.66. The van der Waals surface area contributed by atoms with Gasteiger partial charge in [0, 0.05) is 6.20 Å². The molecule has 2 aromatic rings. The van der Waals surface area contributed by atoms with E-state index in [-0.39, 0.29) is 0 Å². The van der Waals surface area contributed by atoms with E-state index >= 15 is 0 Å². The van der Waals surface area contributed by atoms with Gasteiger partial charge in [-0.15, -0.1) is 10.2 Å². The van der Waals surface area contributed by atoms with Crippen molar-refractivity contribution in [3.8, 4) is 0 Å². The third-order valence-corrected chi connectivity index (χ3v) is 1.85. The topological polar surface area (TPSA) is 37.6 Å². The molecular weight excluding hydrogens is 186 g/mol.